The first-order chi connectivity index (χ1) is 24.9. The molecule has 1 saturated heterocycles. The van der Waals surface area contributed by atoms with Crippen molar-refractivity contribution in [2.75, 3.05) is 33.8 Å². The number of ketones is 1. The maximum Gasteiger partial charge on any atom is 0.407 e. The number of carbonyl (C=O) groups excluding carboxylic acids is 7. The van der Waals surface area contributed by atoms with Crippen LogP contribution in [0.4, 0.5) is 4.79 Å². The number of alkyl carbamates (subject to hydrolysis) is 1. The van der Waals surface area contributed by atoms with Gasteiger partial charge in [-0.15, -0.1) is 0 Å². The number of Topliss-reactive ketones (excluding diaryl/α,β-unsaturated/α-hetero) is 1. The van der Waals surface area contributed by atoms with Crippen LogP contribution in [0.2, 0.25) is 0 Å². The first-order valence-electron chi connectivity index (χ1n) is 18.5. The molecule has 0 aromatic heterocycles. The van der Waals surface area contributed by atoms with Crippen LogP contribution in [-0.2, 0) is 38.2 Å². The van der Waals surface area contributed by atoms with Gasteiger partial charge in [0, 0.05) is 27.1 Å². The van der Waals surface area contributed by atoms with E-state index in [9.17, 15) is 33.6 Å². The largest absolute Gasteiger partial charge is 0.449 e. The molecule has 0 aliphatic carbocycles. The van der Waals surface area contributed by atoms with Crippen molar-refractivity contribution in [1.29, 1.82) is 0 Å². The van der Waals surface area contributed by atoms with Gasteiger partial charge in [-0.1, -0.05) is 78.8 Å². The van der Waals surface area contributed by atoms with Gasteiger partial charge < -0.3 is 40.5 Å². The average molecular weight is 759 g/mol. The number of carbonyl (C=O) groups is 7. The second-order valence-electron chi connectivity index (χ2n) is 16.9. The van der Waals surface area contributed by atoms with Gasteiger partial charge in [0.15, 0.2) is 0 Å². The number of likely N-dealkylation sites (N-methyl/N-ethyl adjacent to an activating group) is 1. The number of benzene rings is 1. The molecule has 0 radical (unpaired) electrons. The summed E-state index contributed by atoms with van der Waals surface area (Å²) in [5, 5.41) is 10.3. The van der Waals surface area contributed by atoms with Gasteiger partial charge in [0.2, 0.25) is 29.4 Å². The highest BCUT2D eigenvalue weighted by molar-refractivity contribution is 6.38. The number of hydrogen-bond donors (Lipinski definition) is 4. The summed E-state index contributed by atoms with van der Waals surface area (Å²) in [6.07, 6.45) is -1.11. The van der Waals surface area contributed by atoms with Crippen molar-refractivity contribution < 1.29 is 43.0 Å². The number of amides is 6. The summed E-state index contributed by atoms with van der Waals surface area (Å²) in [5.41, 5.74) is -0.842. The normalized spacial score (nSPS) is 17.6. The molecule has 6 amide bonds. The zero-order chi connectivity index (χ0) is 41.1. The molecule has 0 bridgehead atoms. The van der Waals surface area contributed by atoms with E-state index in [-0.39, 0.29) is 43.7 Å². The third kappa shape index (κ3) is 14.4. The standard InChI is InChI=1S/C39H62N6O9/c1-23(2)18-27(31(47)34(49)40-20-29(46)42-30(35(50)44(11)12)25-16-14-13-15-17-25)41-33(48)28-19-26(54-39(8,9)10)21-45(28)36(51)32(38(5,6)7)43-37(52)53-22-24(3)4/h13-17,23-24,26-28,30,32H,18-22H2,1-12H3,(H,40,49)(H,41,48)(H,42,46)(H,43,52)/t26-,27-,28+,30+,32-/m1/s1. The van der Waals surface area contributed by atoms with Gasteiger partial charge in [-0.3, -0.25) is 28.8 Å². The Bertz CT molecular complexity index is 1480. The van der Waals surface area contributed by atoms with Crippen LogP contribution in [0.15, 0.2) is 30.3 Å². The summed E-state index contributed by atoms with van der Waals surface area (Å²) in [7, 11) is 3.11. The van der Waals surface area contributed by atoms with E-state index in [0.717, 1.165) is 0 Å². The third-order valence-electron chi connectivity index (χ3n) is 8.39. The quantitative estimate of drug-likeness (QED) is 0.184. The highest BCUT2D eigenvalue weighted by Gasteiger charge is 2.47. The summed E-state index contributed by atoms with van der Waals surface area (Å²) in [6, 6.07) is 4.13. The second kappa shape index (κ2) is 19.7. The highest BCUT2D eigenvalue weighted by atomic mass is 16.5. The van der Waals surface area contributed by atoms with Crippen LogP contribution in [0.5, 0.6) is 0 Å². The highest BCUT2D eigenvalue weighted by Crippen LogP contribution is 2.29. The summed E-state index contributed by atoms with van der Waals surface area (Å²) < 4.78 is 11.5. The minimum absolute atomic E-state index is 0.0438. The van der Waals surface area contributed by atoms with E-state index >= 15 is 0 Å². The molecule has 0 saturated carbocycles. The molecule has 4 N–H and O–H groups in total. The van der Waals surface area contributed by atoms with Gasteiger partial charge in [0.1, 0.15) is 18.1 Å². The van der Waals surface area contributed by atoms with Gasteiger partial charge in [0.25, 0.3) is 5.91 Å². The van der Waals surface area contributed by atoms with Gasteiger partial charge in [-0.05, 0) is 50.0 Å². The molecule has 1 aliphatic rings. The second-order valence-corrected chi connectivity index (χ2v) is 16.9. The molecule has 15 nitrogen and oxygen atoms in total. The predicted octanol–water partition coefficient (Wildman–Crippen LogP) is 2.73. The maximum absolute atomic E-state index is 14.2. The van der Waals surface area contributed by atoms with E-state index in [0.29, 0.717) is 5.56 Å². The van der Waals surface area contributed by atoms with Crippen LogP contribution in [0.1, 0.15) is 93.7 Å². The summed E-state index contributed by atoms with van der Waals surface area (Å²) in [6.45, 7) is 17.9. The van der Waals surface area contributed by atoms with Gasteiger partial charge in [-0.25, -0.2) is 4.79 Å². The van der Waals surface area contributed by atoms with E-state index in [2.05, 4.69) is 21.3 Å². The Morgan fingerprint density at radius 3 is 2.00 bits per heavy atom. The summed E-state index contributed by atoms with van der Waals surface area (Å²) in [5.74, 6) is -4.42. The Balaban J connectivity index is 2.27. The zero-order valence-corrected chi connectivity index (χ0v) is 34.0. The molecule has 1 aromatic carbocycles. The van der Waals surface area contributed by atoms with E-state index in [1.54, 1.807) is 65.2 Å². The number of nitrogens with one attached hydrogen (secondary N) is 4. The number of nitrogens with zero attached hydrogens (tertiary/aromatic N) is 2. The predicted molar refractivity (Wildman–Crippen MR) is 203 cm³/mol. The fourth-order valence-electron chi connectivity index (χ4n) is 5.87. The number of hydrogen-bond acceptors (Lipinski definition) is 9. The van der Waals surface area contributed by atoms with E-state index in [4.69, 9.17) is 9.47 Å². The Hall–Kier alpha value is -4.53. The van der Waals surface area contributed by atoms with Crippen molar-refractivity contribution in [3.8, 4) is 0 Å². The molecule has 1 heterocycles. The zero-order valence-electron chi connectivity index (χ0n) is 34.0. The summed E-state index contributed by atoms with van der Waals surface area (Å²) >= 11 is 0. The van der Waals surface area contributed by atoms with Gasteiger partial charge >= 0.3 is 6.09 Å². The smallest absolute Gasteiger partial charge is 0.407 e. The lowest BCUT2D eigenvalue weighted by molar-refractivity contribution is -0.144. The monoisotopic (exact) mass is 758 g/mol. The van der Waals surface area contributed by atoms with Crippen molar-refractivity contribution in [2.45, 2.75) is 118 Å². The van der Waals surface area contributed by atoms with Crippen molar-refractivity contribution in [3.63, 3.8) is 0 Å². The van der Waals surface area contributed by atoms with E-state index in [1.165, 1.54) is 9.80 Å². The molecular formula is C39H62N6O9. The Kier molecular flexibility index (Phi) is 16.6. The van der Waals surface area contributed by atoms with Crippen LogP contribution in [-0.4, -0.2) is 115 Å². The molecular weight excluding hydrogens is 696 g/mol. The third-order valence-corrected chi connectivity index (χ3v) is 8.39. The van der Waals surface area contributed by atoms with Crippen molar-refractivity contribution in [1.82, 2.24) is 31.1 Å². The number of ether oxygens (including phenoxy) is 2. The first kappa shape index (κ1) is 45.6. The molecule has 1 aromatic rings. The Labute approximate surface area is 320 Å². The number of rotatable bonds is 16. The molecule has 54 heavy (non-hydrogen) atoms. The molecule has 2 rings (SSSR count). The lowest BCUT2D eigenvalue weighted by atomic mass is 9.85. The van der Waals surface area contributed by atoms with Crippen LogP contribution in [0, 0.1) is 17.3 Å². The fourth-order valence-corrected chi connectivity index (χ4v) is 5.87. The van der Waals surface area contributed by atoms with Crippen molar-refractivity contribution in [3.05, 3.63) is 35.9 Å². The average Bonchev–Trinajstić information content (AvgIpc) is 3.48. The van der Waals surface area contributed by atoms with E-state index in [1.807, 2.05) is 48.5 Å². The van der Waals surface area contributed by atoms with E-state index < -0.39 is 83.3 Å². The first-order valence-corrected chi connectivity index (χ1v) is 18.5. The fraction of sp³-hybridized carbons (Fsp3) is 0.667. The minimum atomic E-state index is -1.28. The Morgan fingerprint density at radius 1 is 0.870 bits per heavy atom. The van der Waals surface area contributed by atoms with Gasteiger partial charge in [-0.2, -0.15) is 0 Å². The van der Waals surface area contributed by atoms with Gasteiger partial charge in [0.05, 0.1) is 30.9 Å². The SMILES string of the molecule is CC(C)COC(=O)N[C@H](C(=O)N1C[C@H](OC(C)(C)C)C[C@H]1C(=O)N[C@H](CC(C)C)C(=O)C(=O)NCC(=O)N[C@H](C(=O)N(C)C)c1ccccc1)C(C)(C)C. The maximum atomic E-state index is 14.2. The molecule has 0 spiro atoms. The Morgan fingerprint density at radius 2 is 1.48 bits per heavy atom. The summed E-state index contributed by atoms with van der Waals surface area (Å²) in [4.78, 5) is 96.1. The van der Waals surface area contributed by atoms with Crippen LogP contribution in [0.25, 0.3) is 0 Å². The molecule has 1 aliphatic heterocycles. The lowest BCUT2D eigenvalue weighted by Crippen LogP contribution is -2.59. The number of likely N-dealkylation sites (tertiary alicyclic amines) is 1. The lowest BCUT2D eigenvalue weighted by Gasteiger charge is -2.35. The molecule has 15 heteroatoms. The molecule has 302 valence electrons. The van der Waals surface area contributed by atoms with Crippen molar-refractivity contribution in [2.24, 2.45) is 17.3 Å². The van der Waals surface area contributed by atoms with Crippen LogP contribution in [0.3, 0.4) is 0 Å². The van der Waals surface area contributed by atoms with Crippen LogP contribution < -0.4 is 21.3 Å². The minimum Gasteiger partial charge on any atom is -0.449 e. The van der Waals surface area contributed by atoms with Crippen LogP contribution >= 0.6 is 0 Å². The molecule has 5 atom stereocenters. The molecule has 0 unspecified atom stereocenters. The molecule has 1 fully saturated rings. The topological polar surface area (TPSA) is 193 Å². The van der Waals surface area contributed by atoms with Crippen molar-refractivity contribution >= 4 is 41.4 Å².